The van der Waals surface area contributed by atoms with E-state index in [0.29, 0.717) is 12.4 Å². The van der Waals surface area contributed by atoms with E-state index < -0.39 is 0 Å². The van der Waals surface area contributed by atoms with Crippen LogP contribution in [0.25, 0.3) is 0 Å². The molecule has 0 aromatic heterocycles. The van der Waals surface area contributed by atoms with Gasteiger partial charge in [0, 0.05) is 18.5 Å². The van der Waals surface area contributed by atoms with Gasteiger partial charge in [-0.15, -0.1) is 11.6 Å². The second-order valence-electron chi connectivity index (χ2n) is 5.49. The molecule has 4 heteroatoms. The lowest BCUT2D eigenvalue weighted by molar-refractivity contribution is 0.260. The second kappa shape index (κ2) is 6.74. The Bertz CT molecular complexity index is 388. The topological polar surface area (TPSA) is 12.0 Å². The summed E-state index contributed by atoms with van der Waals surface area (Å²) in [6.07, 6.45) is 0.873. The second-order valence-corrected chi connectivity index (χ2v) is 6.25. The van der Waals surface area contributed by atoms with Crippen molar-refractivity contribution in [2.75, 3.05) is 5.88 Å². The maximum absolute atomic E-state index is 13.3. The van der Waals surface area contributed by atoms with Crippen LogP contribution in [0.2, 0.25) is 5.02 Å². The first-order chi connectivity index (χ1) is 8.36. The van der Waals surface area contributed by atoms with Crippen molar-refractivity contribution < 1.29 is 4.39 Å². The molecule has 0 heterocycles. The van der Waals surface area contributed by atoms with Gasteiger partial charge in [-0.05, 0) is 23.5 Å². The number of hydrogen-bond donors (Lipinski definition) is 1. The van der Waals surface area contributed by atoms with Crippen molar-refractivity contribution in [1.82, 2.24) is 5.32 Å². The molecule has 1 atom stereocenters. The van der Waals surface area contributed by atoms with Gasteiger partial charge in [-0.2, -0.15) is 0 Å². The monoisotopic (exact) mass is 291 g/mol. The zero-order chi connectivity index (χ0) is 13.8. The molecule has 0 saturated carbocycles. The zero-order valence-corrected chi connectivity index (χ0v) is 12.6. The molecule has 0 aliphatic heterocycles. The molecule has 1 rings (SSSR count). The van der Waals surface area contributed by atoms with Crippen LogP contribution in [0.4, 0.5) is 4.39 Å². The Morgan fingerprint density at radius 1 is 1.33 bits per heavy atom. The molecule has 1 unspecified atom stereocenters. The molecule has 1 N–H and O–H groups in total. The van der Waals surface area contributed by atoms with E-state index in [1.165, 1.54) is 6.07 Å². The van der Waals surface area contributed by atoms with Crippen LogP contribution in [0.3, 0.4) is 0 Å². The lowest BCUT2D eigenvalue weighted by atomic mass is 9.85. The molecule has 102 valence electrons. The minimum atomic E-state index is -0.374. The molecule has 0 saturated heterocycles. The van der Waals surface area contributed by atoms with Crippen LogP contribution in [0.15, 0.2) is 18.2 Å². The fraction of sp³-hybridized carbons (Fsp3) is 0.571. The van der Waals surface area contributed by atoms with Gasteiger partial charge in [0.05, 0.1) is 5.02 Å². The Morgan fingerprint density at radius 3 is 2.56 bits per heavy atom. The van der Waals surface area contributed by atoms with Crippen molar-refractivity contribution in [3.8, 4) is 0 Å². The van der Waals surface area contributed by atoms with Gasteiger partial charge in [0.1, 0.15) is 5.82 Å². The van der Waals surface area contributed by atoms with Gasteiger partial charge in [-0.3, -0.25) is 0 Å². The van der Waals surface area contributed by atoms with Gasteiger partial charge in [0.25, 0.3) is 0 Å². The summed E-state index contributed by atoms with van der Waals surface area (Å²) < 4.78 is 13.3. The summed E-state index contributed by atoms with van der Waals surface area (Å²) in [6.45, 7) is 7.02. The predicted octanol–water partition coefficient (Wildman–Crippen LogP) is 4.61. The van der Waals surface area contributed by atoms with Crippen molar-refractivity contribution in [2.45, 2.75) is 39.8 Å². The number of benzene rings is 1. The minimum absolute atomic E-state index is 0.106. The summed E-state index contributed by atoms with van der Waals surface area (Å²) in [5.41, 5.74) is 0.884. The van der Waals surface area contributed by atoms with Gasteiger partial charge in [0.15, 0.2) is 0 Å². The van der Waals surface area contributed by atoms with Crippen molar-refractivity contribution in [1.29, 1.82) is 0 Å². The highest BCUT2D eigenvalue weighted by atomic mass is 35.5. The van der Waals surface area contributed by atoms with Crippen LogP contribution >= 0.6 is 23.2 Å². The van der Waals surface area contributed by atoms with E-state index in [4.69, 9.17) is 23.2 Å². The van der Waals surface area contributed by atoms with E-state index in [2.05, 4.69) is 26.1 Å². The molecule has 0 aliphatic carbocycles. The smallest absolute Gasteiger partial charge is 0.142 e. The molecule has 0 bridgehead atoms. The Hall–Kier alpha value is -0.310. The standard InChI is InChI=1S/C14H20Cl2FN/c1-14(2,3)12(7-8-15)18-9-10-5-4-6-11(17)13(10)16/h4-6,12,18H,7-9H2,1-3H3. The van der Waals surface area contributed by atoms with Crippen LogP contribution < -0.4 is 5.32 Å². The van der Waals surface area contributed by atoms with E-state index in [-0.39, 0.29) is 22.3 Å². The molecule has 0 radical (unpaired) electrons. The fourth-order valence-corrected chi connectivity index (χ4v) is 2.28. The van der Waals surface area contributed by atoms with Crippen molar-refractivity contribution in [3.05, 3.63) is 34.6 Å². The molecule has 0 amide bonds. The zero-order valence-electron chi connectivity index (χ0n) is 11.1. The summed E-state index contributed by atoms with van der Waals surface area (Å²) >= 11 is 11.7. The van der Waals surface area contributed by atoms with Crippen molar-refractivity contribution in [2.24, 2.45) is 5.41 Å². The lowest BCUT2D eigenvalue weighted by Crippen LogP contribution is -2.40. The number of nitrogens with one attached hydrogen (secondary N) is 1. The summed E-state index contributed by atoms with van der Waals surface area (Å²) in [5, 5.41) is 3.61. The van der Waals surface area contributed by atoms with Crippen LogP contribution in [0, 0.1) is 11.2 Å². The predicted molar refractivity (Wildman–Crippen MR) is 76.8 cm³/mol. The maximum atomic E-state index is 13.3. The summed E-state index contributed by atoms with van der Waals surface area (Å²) in [7, 11) is 0. The quantitative estimate of drug-likeness (QED) is 0.781. The first kappa shape index (κ1) is 15.7. The fourth-order valence-electron chi connectivity index (χ4n) is 1.87. The van der Waals surface area contributed by atoms with Crippen molar-refractivity contribution in [3.63, 3.8) is 0 Å². The molecular formula is C14H20Cl2FN. The molecule has 18 heavy (non-hydrogen) atoms. The van der Waals surface area contributed by atoms with Gasteiger partial charge in [0.2, 0.25) is 0 Å². The SMILES string of the molecule is CC(C)(C)C(CCCl)NCc1cccc(F)c1Cl. The minimum Gasteiger partial charge on any atom is -0.309 e. The molecule has 0 fully saturated rings. The molecule has 0 spiro atoms. The van der Waals surface area contributed by atoms with Crippen molar-refractivity contribution >= 4 is 23.2 Å². The third kappa shape index (κ3) is 4.42. The number of rotatable bonds is 5. The Morgan fingerprint density at radius 2 is 2.00 bits per heavy atom. The highest BCUT2D eigenvalue weighted by molar-refractivity contribution is 6.31. The lowest BCUT2D eigenvalue weighted by Gasteiger charge is -2.31. The molecule has 1 nitrogen and oxygen atoms in total. The van der Waals surface area contributed by atoms with E-state index in [1.54, 1.807) is 6.07 Å². The summed E-state index contributed by atoms with van der Waals surface area (Å²) in [6, 6.07) is 5.14. The highest BCUT2D eigenvalue weighted by Gasteiger charge is 2.23. The van der Waals surface area contributed by atoms with Crippen LogP contribution in [-0.2, 0) is 6.54 Å². The van der Waals surface area contributed by atoms with Gasteiger partial charge >= 0.3 is 0 Å². The Labute approximate surface area is 119 Å². The average Bonchev–Trinajstić information content (AvgIpc) is 2.28. The molecule has 0 aliphatic rings. The number of halogens is 3. The largest absolute Gasteiger partial charge is 0.309 e. The van der Waals surface area contributed by atoms with E-state index >= 15 is 0 Å². The first-order valence-electron chi connectivity index (χ1n) is 6.08. The van der Waals surface area contributed by atoms with Gasteiger partial charge in [-0.1, -0.05) is 44.5 Å². The first-order valence-corrected chi connectivity index (χ1v) is 6.99. The van der Waals surface area contributed by atoms with Crippen LogP contribution in [0.1, 0.15) is 32.8 Å². The summed E-state index contributed by atoms with van der Waals surface area (Å²) in [5.74, 6) is 0.229. The molecular weight excluding hydrogens is 272 g/mol. The van der Waals surface area contributed by atoms with E-state index in [1.807, 2.05) is 6.07 Å². The van der Waals surface area contributed by atoms with Gasteiger partial charge in [-0.25, -0.2) is 4.39 Å². The number of hydrogen-bond acceptors (Lipinski definition) is 1. The Balaban J connectivity index is 2.70. The average molecular weight is 292 g/mol. The number of alkyl halides is 1. The van der Waals surface area contributed by atoms with E-state index in [9.17, 15) is 4.39 Å². The summed E-state index contributed by atoms with van der Waals surface area (Å²) in [4.78, 5) is 0. The molecule has 1 aromatic carbocycles. The molecule has 1 aromatic rings. The third-order valence-corrected chi connectivity index (χ3v) is 3.66. The maximum Gasteiger partial charge on any atom is 0.142 e. The van der Waals surface area contributed by atoms with E-state index in [0.717, 1.165) is 12.0 Å². The van der Waals surface area contributed by atoms with Crippen LogP contribution in [0.5, 0.6) is 0 Å². The van der Waals surface area contributed by atoms with Gasteiger partial charge < -0.3 is 5.32 Å². The highest BCUT2D eigenvalue weighted by Crippen LogP contribution is 2.24. The normalized spacial score (nSPS) is 13.7. The van der Waals surface area contributed by atoms with Crippen LogP contribution in [-0.4, -0.2) is 11.9 Å². The Kier molecular flexibility index (Phi) is 5.90. The third-order valence-electron chi connectivity index (χ3n) is 3.01.